The first-order valence-corrected chi connectivity index (χ1v) is 3.87. The van der Waals surface area contributed by atoms with Gasteiger partial charge < -0.3 is 4.90 Å². The standard InChI is InChI=1S/C8H13NO2/c1-6(10)8-3-4-9(5-8)7(2)11/h8H,3-5H2,1-2H3/t8-/m0/s1. The SMILES string of the molecule is CC(=O)[C@H]1CCN(C(C)=O)C1. The Morgan fingerprint density at radius 3 is 2.27 bits per heavy atom. The zero-order chi connectivity index (χ0) is 8.43. The minimum Gasteiger partial charge on any atom is -0.342 e. The predicted molar refractivity (Wildman–Crippen MR) is 41.0 cm³/mol. The molecule has 3 heteroatoms. The molecule has 0 aromatic heterocycles. The lowest BCUT2D eigenvalue weighted by molar-refractivity contribution is -0.128. The van der Waals surface area contributed by atoms with E-state index in [9.17, 15) is 9.59 Å². The van der Waals surface area contributed by atoms with Crippen LogP contribution in [0.15, 0.2) is 0 Å². The summed E-state index contributed by atoms with van der Waals surface area (Å²) >= 11 is 0. The van der Waals surface area contributed by atoms with Gasteiger partial charge in [0.05, 0.1) is 0 Å². The van der Waals surface area contributed by atoms with Crippen LogP contribution < -0.4 is 0 Å². The van der Waals surface area contributed by atoms with Crippen LogP contribution in [0.5, 0.6) is 0 Å². The van der Waals surface area contributed by atoms with Crippen molar-refractivity contribution in [3.05, 3.63) is 0 Å². The van der Waals surface area contributed by atoms with Crippen molar-refractivity contribution < 1.29 is 9.59 Å². The van der Waals surface area contributed by atoms with E-state index in [1.165, 1.54) is 0 Å². The van der Waals surface area contributed by atoms with Crippen molar-refractivity contribution in [1.29, 1.82) is 0 Å². The Morgan fingerprint density at radius 1 is 1.36 bits per heavy atom. The molecule has 0 aromatic carbocycles. The monoisotopic (exact) mass is 155 g/mol. The summed E-state index contributed by atoms with van der Waals surface area (Å²) in [5, 5.41) is 0. The summed E-state index contributed by atoms with van der Waals surface area (Å²) in [6, 6.07) is 0. The molecule has 0 unspecified atom stereocenters. The number of amides is 1. The number of carbonyl (C=O) groups excluding carboxylic acids is 2. The molecule has 0 N–H and O–H groups in total. The second-order valence-electron chi connectivity index (χ2n) is 3.06. The van der Waals surface area contributed by atoms with Gasteiger partial charge in [0.15, 0.2) is 0 Å². The van der Waals surface area contributed by atoms with Crippen molar-refractivity contribution in [2.24, 2.45) is 5.92 Å². The quantitative estimate of drug-likeness (QED) is 0.551. The average molecular weight is 155 g/mol. The topological polar surface area (TPSA) is 37.4 Å². The number of hydrogen-bond donors (Lipinski definition) is 0. The smallest absolute Gasteiger partial charge is 0.219 e. The Hall–Kier alpha value is -0.860. The molecule has 0 radical (unpaired) electrons. The van der Waals surface area contributed by atoms with E-state index in [4.69, 9.17) is 0 Å². The van der Waals surface area contributed by atoms with Gasteiger partial charge in [0.25, 0.3) is 0 Å². The fourth-order valence-corrected chi connectivity index (χ4v) is 1.38. The summed E-state index contributed by atoms with van der Waals surface area (Å²) in [5.74, 6) is 0.376. The fraction of sp³-hybridized carbons (Fsp3) is 0.750. The molecule has 1 saturated heterocycles. The zero-order valence-corrected chi connectivity index (χ0v) is 6.96. The molecule has 1 fully saturated rings. The fourth-order valence-electron chi connectivity index (χ4n) is 1.38. The van der Waals surface area contributed by atoms with Crippen LogP contribution in [0, 0.1) is 5.92 Å². The van der Waals surface area contributed by atoms with E-state index in [1.54, 1.807) is 18.7 Å². The van der Waals surface area contributed by atoms with Crippen molar-refractivity contribution in [3.8, 4) is 0 Å². The number of Topliss-reactive ketones (excluding diaryl/α,β-unsaturated/α-hetero) is 1. The van der Waals surface area contributed by atoms with E-state index in [2.05, 4.69) is 0 Å². The molecule has 1 rings (SSSR count). The van der Waals surface area contributed by atoms with E-state index >= 15 is 0 Å². The van der Waals surface area contributed by atoms with Gasteiger partial charge in [-0.05, 0) is 13.3 Å². The van der Waals surface area contributed by atoms with Gasteiger partial charge in [-0.25, -0.2) is 0 Å². The molecule has 0 aromatic rings. The van der Waals surface area contributed by atoms with Gasteiger partial charge in [0.2, 0.25) is 5.91 Å². The highest BCUT2D eigenvalue weighted by Gasteiger charge is 2.26. The number of carbonyl (C=O) groups is 2. The van der Waals surface area contributed by atoms with Gasteiger partial charge in [0.1, 0.15) is 5.78 Å². The van der Waals surface area contributed by atoms with Crippen LogP contribution in [-0.2, 0) is 9.59 Å². The molecule has 1 aliphatic heterocycles. The summed E-state index contributed by atoms with van der Waals surface area (Å²) in [4.78, 5) is 23.4. The molecule has 1 atom stereocenters. The molecule has 1 aliphatic rings. The van der Waals surface area contributed by atoms with Gasteiger partial charge in [-0.2, -0.15) is 0 Å². The number of rotatable bonds is 1. The van der Waals surface area contributed by atoms with Gasteiger partial charge in [-0.15, -0.1) is 0 Å². The van der Waals surface area contributed by atoms with Crippen molar-refractivity contribution >= 4 is 11.7 Å². The summed E-state index contributed by atoms with van der Waals surface area (Å²) in [7, 11) is 0. The molecule has 0 saturated carbocycles. The Kier molecular flexibility index (Phi) is 2.27. The molecule has 0 bridgehead atoms. The normalized spacial score (nSPS) is 23.8. The lowest BCUT2D eigenvalue weighted by atomic mass is 10.1. The zero-order valence-electron chi connectivity index (χ0n) is 6.96. The lowest BCUT2D eigenvalue weighted by Crippen LogP contribution is -2.26. The molecule has 1 heterocycles. The van der Waals surface area contributed by atoms with Crippen LogP contribution in [-0.4, -0.2) is 29.7 Å². The molecule has 3 nitrogen and oxygen atoms in total. The van der Waals surface area contributed by atoms with E-state index in [-0.39, 0.29) is 17.6 Å². The largest absolute Gasteiger partial charge is 0.342 e. The third-order valence-corrected chi connectivity index (χ3v) is 2.21. The molecule has 0 spiro atoms. The number of nitrogens with zero attached hydrogens (tertiary/aromatic N) is 1. The first kappa shape index (κ1) is 8.24. The summed E-state index contributed by atoms with van der Waals surface area (Å²) in [5.41, 5.74) is 0. The van der Waals surface area contributed by atoms with Gasteiger partial charge in [-0.1, -0.05) is 0 Å². The van der Waals surface area contributed by atoms with Crippen LogP contribution in [0.4, 0.5) is 0 Å². The van der Waals surface area contributed by atoms with E-state index in [1.807, 2.05) is 0 Å². The van der Waals surface area contributed by atoms with E-state index in [0.29, 0.717) is 6.54 Å². The maximum absolute atomic E-state index is 10.9. The summed E-state index contributed by atoms with van der Waals surface area (Å²) < 4.78 is 0. The van der Waals surface area contributed by atoms with E-state index < -0.39 is 0 Å². The second-order valence-corrected chi connectivity index (χ2v) is 3.06. The Bertz CT molecular complexity index is 169. The summed E-state index contributed by atoms with van der Waals surface area (Å²) in [6.07, 6.45) is 0.842. The van der Waals surface area contributed by atoms with Gasteiger partial charge in [-0.3, -0.25) is 9.59 Å². The second kappa shape index (κ2) is 3.03. The molecule has 11 heavy (non-hydrogen) atoms. The maximum atomic E-state index is 10.9. The average Bonchev–Trinajstić information content (AvgIpc) is 2.33. The number of hydrogen-bond acceptors (Lipinski definition) is 2. The van der Waals surface area contributed by atoms with Crippen LogP contribution in [0.2, 0.25) is 0 Å². The first-order valence-electron chi connectivity index (χ1n) is 3.87. The van der Waals surface area contributed by atoms with Crippen LogP contribution in [0.1, 0.15) is 20.3 Å². The lowest BCUT2D eigenvalue weighted by Gasteiger charge is -2.12. The van der Waals surface area contributed by atoms with Crippen molar-refractivity contribution in [2.75, 3.05) is 13.1 Å². The minimum atomic E-state index is 0.0775. The maximum Gasteiger partial charge on any atom is 0.219 e. The Balaban J connectivity index is 2.47. The third-order valence-electron chi connectivity index (χ3n) is 2.21. The first-order chi connectivity index (χ1) is 5.11. The molecule has 0 aliphatic carbocycles. The van der Waals surface area contributed by atoms with Gasteiger partial charge in [0, 0.05) is 25.9 Å². The Morgan fingerprint density at radius 2 is 2.00 bits per heavy atom. The summed E-state index contributed by atoms with van der Waals surface area (Å²) in [6.45, 7) is 4.51. The van der Waals surface area contributed by atoms with Crippen LogP contribution >= 0.6 is 0 Å². The van der Waals surface area contributed by atoms with Crippen LogP contribution in [0.3, 0.4) is 0 Å². The molecular weight excluding hydrogens is 142 g/mol. The number of ketones is 1. The van der Waals surface area contributed by atoms with Gasteiger partial charge >= 0.3 is 0 Å². The minimum absolute atomic E-state index is 0.0775. The highest BCUT2D eigenvalue weighted by atomic mass is 16.2. The Labute approximate surface area is 66.4 Å². The molecular formula is C8H13NO2. The highest BCUT2D eigenvalue weighted by Crippen LogP contribution is 2.16. The third kappa shape index (κ3) is 1.79. The van der Waals surface area contributed by atoms with Crippen molar-refractivity contribution in [2.45, 2.75) is 20.3 Å². The van der Waals surface area contributed by atoms with Crippen molar-refractivity contribution in [3.63, 3.8) is 0 Å². The van der Waals surface area contributed by atoms with Crippen LogP contribution in [0.25, 0.3) is 0 Å². The van der Waals surface area contributed by atoms with Crippen molar-refractivity contribution in [1.82, 2.24) is 4.90 Å². The highest BCUT2D eigenvalue weighted by molar-refractivity contribution is 5.81. The van der Waals surface area contributed by atoms with E-state index in [0.717, 1.165) is 13.0 Å². The number of likely N-dealkylation sites (tertiary alicyclic amines) is 1. The predicted octanol–water partition coefficient (Wildman–Crippen LogP) is 0.444. The molecule has 1 amide bonds. The molecule has 62 valence electrons.